The first-order chi connectivity index (χ1) is 9.36. The highest BCUT2D eigenvalue weighted by molar-refractivity contribution is 5.71. The number of hydrogen-bond donors (Lipinski definition) is 0. The van der Waals surface area contributed by atoms with Gasteiger partial charge in [-0.1, -0.05) is 0 Å². The van der Waals surface area contributed by atoms with Crippen molar-refractivity contribution in [3.05, 3.63) is 18.1 Å². The first kappa shape index (κ1) is 11.3. The zero-order chi connectivity index (χ0) is 12.8. The number of fused-ring (bicyclic) bond motifs is 1. The highest BCUT2D eigenvalue weighted by atomic mass is 16.1. The molecule has 1 aromatic heterocycles. The highest BCUT2D eigenvalue weighted by Crippen LogP contribution is 2.50. The fourth-order valence-corrected chi connectivity index (χ4v) is 3.82. The molecule has 19 heavy (non-hydrogen) atoms. The van der Waals surface area contributed by atoms with Crippen LogP contribution in [0.3, 0.4) is 0 Å². The Hall–Kier alpha value is -1.49. The van der Waals surface area contributed by atoms with Gasteiger partial charge >= 0.3 is 0 Å². The molecule has 2 aliphatic heterocycles. The summed E-state index contributed by atoms with van der Waals surface area (Å²) in [6.07, 6.45) is 6.77. The summed E-state index contributed by atoms with van der Waals surface area (Å²) in [5, 5.41) is 0. The van der Waals surface area contributed by atoms with Crippen molar-refractivity contribution in [2.24, 2.45) is 11.8 Å². The van der Waals surface area contributed by atoms with Crippen LogP contribution in [0.5, 0.6) is 0 Å². The van der Waals surface area contributed by atoms with Gasteiger partial charge in [-0.25, -0.2) is 9.97 Å². The van der Waals surface area contributed by atoms with Crippen LogP contribution in [0.2, 0.25) is 0 Å². The minimum atomic E-state index is 0.406. The SMILES string of the molecule is O=Cc1cnc(N2CC3C(C2)C3N2CCCC2)cn1. The van der Waals surface area contributed by atoms with Crippen molar-refractivity contribution in [1.82, 2.24) is 14.9 Å². The van der Waals surface area contributed by atoms with Gasteiger partial charge in [-0.05, 0) is 37.8 Å². The molecular weight excluding hydrogens is 240 g/mol. The smallest absolute Gasteiger partial charge is 0.170 e. The van der Waals surface area contributed by atoms with Crippen LogP contribution in [0.4, 0.5) is 5.82 Å². The quantitative estimate of drug-likeness (QED) is 0.751. The minimum Gasteiger partial charge on any atom is -0.355 e. The lowest BCUT2D eigenvalue weighted by molar-refractivity contribution is 0.111. The summed E-state index contributed by atoms with van der Waals surface area (Å²) in [5.41, 5.74) is 0.406. The first-order valence-corrected chi connectivity index (χ1v) is 7.13. The molecule has 1 aliphatic carbocycles. The number of hydrogen-bond acceptors (Lipinski definition) is 5. The summed E-state index contributed by atoms with van der Waals surface area (Å²) < 4.78 is 0. The van der Waals surface area contributed by atoms with E-state index in [1.165, 1.54) is 25.9 Å². The summed E-state index contributed by atoms with van der Waals surface area (Å²) in [4.78, 5) is 24.0. The van der Waals surface area contributed by atoms with Gasteiger partial charge in [0.2, 0.25) is 0 Å². The number of aromatic nitrogens is 2. The van der Waals surface area contributed by atoms with Gasteiger partial charge in [-0.2, -0.15) is 0 Å². The predicted molar refractivity (Wildman–Crippen MR) is 71.2 cm³/mol. The predicted octanol–water partition coefficient (Wildman–Crippen LogP) is 0.819. The van der Waals surface area contributed by atoms with E-state index in [9.17, 15) is 4.79 Å². The molecule has 1 aromatic rings. The Morgan fingerprint density at radius 1 is 1.11 bits per heavy atom. The van der Waals surface area contributed by atoms with Crippen molar-refractivity contribution in [2.75, 3.05) is 31.1 Å². The maximum absolute atomic E-state index is 10.6. The molecule has 100 valence electrons. The van der Waals surface area contributed by atoms with Gasteiger partial charge in [0, 0.05) is 19.1 Å². The summed E-state index contributed by atoms with van der Waals surface area (Å²) in [6.45, 7) is 4.79. The number of nitrogens with zero attached hydrogens (tertiary/aromatic N) is 4. The molecule has 3 aliphatic rings. The van der Waals surface area contributed by atoms with Gasteiger partial charge in [-0.3, -0.25) is 9.69 Å². The molecule has 3 fully saturated rings. The monoisotopic (exact) mass is 258 g/mol. The molecule has 0 aromatic carbocycles. The lowest BCUT2D eigenvalue weighted by Gasteiger charge is -2.24. The van der Waals surface area contributed by atoms with E-state index < -0.39 is 0 Å². The molecule has 4 rings (SSSR count). The second-order valence-electron chi connectivity index (χ2n) is 5.88. The van der Waals surface area contributed by atoms with E-state index in [0.29, 0.717) is 5.69 Å². The number of aldehydes is 1. The highest BCUT2D eigenvalue weighted by Gasteiger charge is 2.58. The van der Waals surface area contributed by atoms with Gasteiger partial charge in [0.1, 0.15) is 11.5 Å². The molecular formula is C14H18N4O. The number of rotatable bonds is 3. The molecule has 3 heterocycles. The summed E-state index contributed by atoms with van der Waals surface area (Å²) in [7, 11) is 0. The van der Waals surface area contributed by atoms with Crippen molar-refractivity contribution in [2.45, 2.75) is 18.9 Å². The number of anilines is 1. The van der Waals surface area contributed by atoms with Crippen molar-refractivity contribution in [1.29, 1.82) is 0 Å². The molecule has 2 unspecified atom stereocenters. The van der Waals surface area contributed by atoms with Gasteiger partial charge < -0.3 is 4.90 Å². The number of likely N-dealkylation sites (tertiary alicyclic amines) is 1. The van der Waals surface area contributed by atoms with Gasteiger partial charge in [-0.15, -0.1) is 0 Å². The van der Waals surface area contributed by atoms with Crippen LogP contribution < -0.4 is 4.90 Å². The molecule has 2 saturated heterocycles. The van der Waals surface area contributed by atoms with Crippen LogP contribution in [-0.2, 0) is 0 Å². The topological polar surface area (TPSA) is 49.3 Å². The molecule has 0 N–H and O–H groups in total. The average Bonchev–Trinajstić information content (AvgIpc) is 2.92. The van der Waals surface area contributed by atoms with E-state index in [0.717, 1.165) is 43.1 Å². The Morgan fingerprint density at radius 3 is 2.42 bits per heavy atom. The second kappa shape index (κ2) is 4.27. The number of carbonyl (C=O) groups excluding carboxylic acids is 1. The maximum atomic E-state index is 10.6. The van der Waals surface area contributed by atoms with Crippen LogP contribution in [0, 0.1) is 11.8 Å². The van der Waals surface area contributed by atoms with E-state index in [-0.39, 0.29) is 0 Å². The first-order valence-electron chi connectivity index (χ1n) is 7.13. The van der Waals surface area contributed by atoms with Crippen molar-refractivity contribution in [3.63, 3.8) is 0 Å². The van der Waals surface area contributed by atoms with E-state index in [4.69, 9.17) is 0 Å². The van der Waals surface area contributed by atoms with Gasteiger partial charge in [0.25, 0.3) is 0 Å². The molecule has 5 heteroatoms. The van der Waals surface area contributed by atoms with Crippen molar-refractivity contribution >= 4 is 12.1 Å². The largest absolute Gasteiger partial charge is 0.355 e. The zero-order valence-electron chi connectivity index (χ0n) is 10.9. The van der Waals surface area contributed by atoms with Crippen LogP contribution in [0.15, 0.2) is 12.4 Å². The Kier molecular flexibility index (Phi) is 2.55. The van der Waals surface area contributed by atoms with Crippen LogP contribution in [0.25, 0.3) is 0 Å². The third-order valence-electron chi connectivity index (χ3n) is 4.81. The Bertz CT molecular complexity index is 471. The third-order valence-corrected chi connectivity index (χ3v) is 4.81. The fourth-order valence-electron chi connectivity index (χ4n) is 3.82. The molecule has 0 amide bonds. The van der Waals surface area contributed by atoms with Crippen LogP contribution in [0.1, 0.15) is 23.3 Å². The number of carbonyl (C=O) groups is 1. The van der Waals surface area contributed by atoms with Gasteiger partial charge in [0.05, 0.1) is 12.4 Å². The summed E-state index contributed by atoms with van der Waals surface area (Å²) in [6, 6.07) is 0.834. The van der Waals surface area contributed by atoms with E-state index in [1.54, 1.807) is 12.4 Å². The third kappa shape index (κ3) is 1.84. The standard InChI is InChI=1S/C14H18N4O/c19-9-10-5-16-13(6-15-10)18-7-11-12(8-18)14(11)17-3-1-2-4-17/h5-6,9,11-12,14H,1-4,7-8H2. The van der Waals surface area contributed by atoms with E-state index in [2.05, 4.69) is 19.8 Å². The normalized spacial score (nSPS) is 33.5. The summed E-state index contributed by atoms with van der Waals surface area (Å²) in [5.74, 6) is 2.56. The molecule has 0 spiro atoms. The second-order valence-corrected chi connectivity index (χ2v) is 5.88. The zero-order valence-corrected chi connectivity index (χ0v) is 10.9. The lowest BCUT2D eigenvalue weighted by Crippen LogP contribution is -2.33. The summed E-state index contributed by atoms with van der Waals surface area (Å²) >= 11 is 0. The van der Waals surface area contributed by atoms with Crippen molar-refractivity contribution in [3.8, 4) is 0 Å². The fraction of sp³-hybridized carbons (Fsp3) is 0.643. The Labute approximate surface area is 112 Å². The van der Waals surface area contributed by atoms with Crippen LogP contribution in [-0.4, -0.2) is 53.4 Å². The van der Waals surface area contributed by atoms with Crippen LogP contribution >= 0.6 is 0 Å². The average molecular weight is 258 g/mol. The molecule has 5 nitrogen and oxygen atoms in total. The molecule has 1 saturated carbocycles. The van der Waals surface area contributed by atoms with E-state index in [1.807, 2.05) is 0 Å². The van der Waals surface area contributed by atoms with E-state index >= 15 is 0 Å². The maximum Gasteiger partial charge on any atom is 0.170 e. The molecule has 0 bridgehead atoms. The Morgan fingerprint density at radius 2 is 1.84 bits per heavy atom. The number of piperidine rings is 1. The lowest BCUT2D eigenvalue weighted by atomic mass is 10.3. The minimum absolute atomic E-state index is 0.406. The Balaban J connectivity index is 1.40. The van der Waals surface area contributed by atoms with Gasteiger partial charge in [0.15, 0.2) is 6.29 Å². The van der Waals surface area contributed by atoms with Crippen molar-refractivity contribution < 1.29 is 4.79 Å². The molecule has 2 atom stereocenters. The molecule has 0 radical (unpaired) electrons.